The third-order valence-electron chi connectivity index (χ3n) is 4.37. The molecule has 0 saturated carbocycles. The Balaban J connectivity index is 1.54. The average molecular weight is 371 g/mol. The highest BCUT2D eigenvalue weighted by atomic mass is 16.5. The topological polar surface area (TPSA) is 73.8 Å². The van der Waals surface area contributed by atoms with E-state index >= 15 is 0 Å². The number of likely N-dealkylation sites (tertiary alicyclic amines) is 1. The quantitative estimate of drug-likeness (QED) is 0.777. The van der Waals surface area contributed by atoms with Crippen molar-refractivity contribution in [2.24, 2.45) is 0 Å². The number of aryl methyl sites for hydroxylation is 2. The molecule has 1 atom stereocenters. The van der Waals surface area contributed by atoms with Crippen LogP contribution in [0.3, 0.4) is 0 Å². The SMILES string of the molecule is COc1cccc(OCC(=O)N2CCCC(Oc3nc(C)cc(C)n3)C2)c1. The molecule has 1 amide bonds. The van der Waals surface area contributed by atoms with Gasteiger partial charge in [-0.3, -0.25) is 4.79 Å². The molecule has 7 heteroatoms. The lowest BCUT2D eigenvalue weighted by atomic mass is 10.1. The Morgan fingerprint density at radius 2 is 1.93 bits per heavy atom. The van der Waals surface area contributed by atoms with Crippen molar-refractivity contribution in [1.82, 2.24) is 14.9 Å². The number of piperidine rings is 1. The van der Waals surface area contributed by atoms with Gasteiger partial charge in [0.2, 0.25) is 0 Å². The Morgan fingerprint density at radius 1 is 1.19 bits per heavy atom. The van der Waals surface area contributed by atoms with Crippen molar-refractivity contribution in [3.63, 3.8) is 0 Å². The van der Waals surface area contributed by atoms with Crippen LogP contribution in [0.5, 0.6) is 17.5 Å². The number of ether oxygens (including phenoxy) is 3. The number of amides is 1. The maximum atomic E-state index is 12.5. The summed E-state index contributed by atoms with van der Waals surface area (Å²) in [6, 6.07) is 9.49. The van der Waals surface area contributed by atoms with Gasteiger partial charge < -0.3 is 19.1 Å². The number of benzene rings is 1. The van der Waals surface area contributed by atoms with Gasteiger partial charge in [0.1, 0.15) is 17.6 Å². The number of hydrogen-bond acceptors (Lipinski definition) is 6. The van der Waals surface area contributed by atoms with Gasteiger partial charge >= 0.3 is 6.01 Å². The predicted molar refractivity (Wildman–Crippen MR) is 100 cm³/mol. The first-order valence-electron chi connectivity index (χ1n) is 9.07. The smallest absolute Gasteiger partial charge is 0.317 e. The molecule has 1 fully saturated rings. The van der Waals surface area contributed by atoms with Crippen LogP contribution in [0.25, 0.3) is 0 Å². The second-order valence-electron chi connectivity index (χ2n) is 6.62. The van der Waals surface area contributed by atoms with Gasteiger partial charge in [-0.1, -0.05) is 6.07 Å². The minimum absolute atomic E-state index is 0.0139. The standard InChI is InChI=1S/C20H25N3O4/c1-14-10-15(2)22-20(21-14)27-18-8-5-9-23(12-18)19(24)13-26-17-7-4-6-16(11-17)25-3/h4,6-7,10-11,18H,5,8-9,12-13H2,1-3H3. The molecule has 1 aromatic heterocycles. The molecule has 1 unspecified atom stereocenters. The maximum Gasteiger partial charge on any atom is 0.317 e. The molecule has 1 saturated heterocycles. The number of aromatic nitrogens is 2. The third-order valence-corrected chi connectivity index (χ3v) is 4.37. The Hall–Kier alpha value is -2.83. The summed E-state index contributed by atoms with van der Waals surface area (Å²) in [6.45, 7) is 5.02. The zero-order chi connectivity index (χ0) is 19.2. The fourth-order valence-electron chi connectivity index (χ4n) is 3.08. The van der Waals surface area contributed by atoms with Gasteiger partial charge in [-0.25, -0.2) is 9.97 Å². The van der Waals surface area contributed by atoms with Crippen LogP contribution < -0.4 is 14.2 Å². The number of carbonyl (C=O) groups excluding carboxylic acids is 1. The Bertz CT molecular complexity index is 776. The van der Waals surface area contributed by atoms with Crippen LogP contribution >= 0.6 is 0 Å². The van der Waals surface area contributed by atoms with Gasteiger partial charge in [0.15, 0.2) is 6.61 Å². The first-order chi connectivity index (χ1) is 13.0. The van der Waals surface area contributed by atoms with Crippen molar-refractivity contribution in [2.75, 3.05) is 26.8 Å². The molecule has 1 aliphatic heterocycles. The van der Waals surface area contributed by atoms with Gasteiger partial charge in [0, 0.05) is 24.0 Å². The Morgan fingerprint density at radius 3 is 2.67 bits per heavy atom. The summed E-state index contributed by atoms with van der Waals surface area (Å²) in [7, 11) is 1.59. The minimum atomic E-state index is -0.110. The van der Waals surface area contributed by atoms with Crippen LogP contribution in [0.2, 0.25) is 0 Å². The highest BCUT2D eigenvalue weighted by Crippen LogP contribution is 2.20. The van der Waals surface area contributed by atoms with E-state index in [1.165, 1.54) is 0 Å². The number of methoxy groups -OCH3 is 1. The number of nitrogens with zero attached hydrogens (tertiary/aromatic N) is 3. The Kier molecular flexibility index (Phi) is 6.11. The zero-order valence-electron chi connectivity index (χ0n) is 16.0. The van der Waals surface area contributed by atoms with E-state index < -0.39 is 0 Å². The van der Waals surface area contributed by atoms with Crippen molar-refractivity contribution in [3.8, 4) is 17.5 Å². The molecule has 3 rings (SSSR count). The minimum Gasteiger partial charge on any atom is -0.497 e. The fraction of sp³-hybridized carbons (Fsp3) is 0.450. The summed E-state index contributed by atoms with van der Waals surface area (Å²) < 4.78 is 16.7. The van der Waals surface area contributed by atoms with Gasteiger partial charge in [-0.15, -0.1) is 0 Å². The van der Waals surface area contributed by atoms with E-state index in [4.69, 9.17) is 14.2 Å². The van der Waals surface area contributed by atoms with E-state index in [9.17, 15) is 4.79 Å². The molecule has 144 valence electrons. The summed E-state index contributed by atoms with van der Waals surface area (Å²) in [5, 5.41) is 0. The first-order valence-corrected chi connectivity index (χ1v) is 9.07. The number of carbonyl (C=O) groups is 1. The molecule has 2 aromatic rings. The third kappa shape index (κ3) is 5.32. The second-order valence-corrected chi connectivity index (χ2v) is 6.62. The molecule has 0 radical (unpaired) electrons. The van der Waals surface area contributed by atoms with E-state index in [-0.39, 0.29) is 18.6 Å². The highest BCUT2D eigenvalue weighted by molar-refractivity contribution is 5.78. The molecule has 1 aliphatic rings. The van der Waals surface area contributed by atoms with Crippen LogP contribution in [0.4, 0.5) is 0 Å². The summed E-state index contributed by atoms with van der Waals surface area (Å²) in [4.78, 5) is 22.9. The van der Waals surface area contributed by atoms with Crippen LogP contribution in [0.1, 0.15) is 24.2 Å². The molecule has 0 N–H and O–H groups in total. The number of hydrogen-bond donors (Lipinski definition) is 0. The summed E-state index contributed by atoms with van der Waals surface area (Å²) in [6.07, 6.45) is 1.64. The average Bonchev–Trinajstić information content (AvgIpc) is 2.65. The van der Waals surface area contributed by atoms with Gasteiger partial charge in [-0.05, 0) is 44.9 Å². The molecule has 1 aromatic carbocycles. The molecule has 2 heterocycles. The van der Waals surface area contributed by atoms with Gasteiger partial charge in [0.05, 0.1) is 13.7 Å². The summed E-state index contributed by atoms with van der Waals surface area (Å²) >= 11 is 0. The van der Waals surface area contributed by atoms with Crippen molar-refractivity contribution in [2.45, 2.75) is 32.8 Å². The predicted octanol–water partition coefficient (Wildman–Crippen LogP) is 2.55. The molecule has 0 aliphatic carbocycles. The van der Waals surface area contributed by atoms with Crippen LogP contribution in [-0.4, -0.2) is 53.7 Å². The van der Waals surface area contributed by atoms with Crippen molar-refractivity contribution in [3.05, 3.63) is 41.7 Å². The highest BCUT2D eigenvalue weighted by Gasteiger charge is 2.26. The van der Waals surface area contributed by atoms with Crippen LogP contribution in [-0.2, 0) is 4.79 Å². The largest absolute Gasteiger partial charge is 0.497 e. The second kappa shape index (κ2) is 8.70. The van der Waals surface area contributed by atoms with Gasteiger partial charge in [0.25, 0.3) is 5.91 Å². The first kappa shape index (κ1) is 18.9. The van der Waals surface area contributed by atoms with E-state index in [0.29, 0.717) is 30.6 Å². The lowest BCUT2D eigenvalue weighted by molar-refractivity contribution is -0.136. The van der Waals surface area contributed by atoms with Crippen molar-refractivity contribution in [1.29, 1.82) is 0 Å². The normalized spacial score (nSPS) is 16.7. The Labute approximate surface area is 159 Å². The lowest BCUT2D eigenvalue weighted by Gasteiger charge is -2.32. The molecular formula is C20H25N3O4. The molecule has 7 nitrogen and oxygen atoms in total. The van der Waals surface area contributed by atoms with E-state index in [0.717, 1.165) is 24.2 Å². The zero-order valence-corrected chi connectivity index (χ0v) is 16.0. The van der Waals surface area contributed by atoms with Crippen molar-refractivity contribution >= 4 is 5.91 Å². The maximum absolute atomic E-state index is 12.5. The molecule has 27 heavy (non-hydrogen) atoms. The van der Waals surface area contributed by atoms with E-state index in [1.54, 1.807) is 24.1 Å². The van der Waals surface area contributed by atoms with Crippen molar-refractivity contribution < 1.29 is 19.0 Å². The molecular weight excluding hydrogens is 346 g/mol. The van der Waals surface area contributed by atoms with Gasteiger partial charge in [-0.2, -0.15) is 0 Å². The fourth-order valence-corrected chi connectivity index (χ4v) is 3.08. The van der Waals surface area contributed by atoms with Crippen LogP contribution in [0.15, 0.2) is 30.3 Å². The molecule has 0 spiro atoms. The van der Waals surface area contributed by atoms with E-state index in [1.807, 2.05) is 32.0 Å². The lowest BCUT2D eigenvalue weighted by Crippen LogP contribution is -2.46. The van der Waals surface area contributed by atoms with E-state index in [2.05, 4.69) is 9.97 Å². The summed E-state index contributed by atoms with van der Waals surface area (Å²) in [5.41, 5.74) is 1.74. The monoisotopic (exact) mass is 371 g/mol. The summed E-state index contributed by atoms with van der Waals surface area (Å²) in [5.74, 6) is 1.24. The van der Waals surface area contributed by atoms with Crippen LogP contribution in [0, 0.1) is 13.8 Å². The molecule has 0 bridgehead atoms. The number of rotatable bonds is 6.